The zero-order valence-electron chi connectivity index (χ0n) is 12.0. The van der Waals surface area contributed by atoms with Crippen molar-refractivity contribution >= 4 is 33.2 Å². The van der Waals surface area contributed by atoms with Crippen LogP contribution in [-0.2, 0) is 0 Å². The molecule has 0 saturated carbocycles. The topological polar surface area (TPSA) is 53.6 Å². The standard InChI is InChI=1S/C17H14N4S/c1-11-15(13-7-9-18-16-14(13)8-10-19-16)21-17(22-11)20-12-5-3-2-4-6-12/h2-10H,1H3,(H,18,19)(H,20,21). The van der Waals surface area contributed by atoms with Gasteiger partial charge in [-0.2, -0.15) is 0 Å². The molecular formula is C17H14N4S. The lowest BCUT2D eigenvalue weighted by atomic mass is 10.1. The zero-order chi connectivity index (χ0) is 14.9. The van der Waals surface area contributed by atoms with Crippen LogP contribution in [0.2, 0.25) is 0 Å². The molecular weight excluding hydrogens is 292 g/mol. The maximum Gasteiger partial charge on any atom is 0.187 e. The monoisotopic (exact) mass is 306 g/mol. The van der Waals surface area contributed by atoms with Crippen LogP contribution in [0.4, 0.5) is 10.8 Å². The van der Waals surface area contributed by atoms with Gasteiger partial charge in [-0.1, -0.05) is 18.2 Å². The number of aryl methyl sites for hydroxylation is 1. The molecule has 3 heterocycles. The van der Waals surface area contributed by atoms with E-state index < -0.39 is 0 Å². The molecule has 0 saturated heterocycles. The maximum atomic E-state index is 4.77. The average molecular weight is 306 g/mol. The van der Waals surface area contributed by atoms with Crippen molar-refractivity contribution in [3.05, 3.63) is 59.7 Å². The van der Waals surface area contributed by atoms with E-state index in [0.717, 1.165) is 33.1 Å². The molecule has 5 heteroatoms. The molecule has 0 aliphatic heterocycles. The van der Waals surface area contributed by atoms with E-state index in [0.29, 0.717) is 0 Å². The Labute approximate surface area is 131 Å². The van der Waals surface area contributed by atoms with Gasteiger partial charge in [0.2, 0.25) is 0 Å². The van der Waals surface area contributed by atoms with E-state index in [1.54, 1.807) is 11.3 Å². The Hall–Kier alpha value is -2.66. The van der Waals surface area contributed by atoms with Gasteiger partial charge in [-0.25, -0.2) is 9.97 Å². The van der Waals surface area contributed by atoms with Gasteiger partial charge in [0.05, 0.1) is 5.69 Å². The molecule has 0 bridgehead atoms. The number of H-pyrrole nitrogens is 1. The van der Waals surface area contributed by atoms with Crippen LogP contribution in [-0.4, -0.2) is 15.0 Å². The minimum atomic E-state index is 0.891. The minimum absolute atomic E-state index is 0.891. The summed E-state index contributed by atoms with van der Waals surface area (Å²) < 4.78 is 0. The molecule has 4 rings (SSSR count). The lowest BCUT2D eigenvalue weighted by Crippen LogP contribution is -1.89. The van der Waals surface area contributed by atoms with Gasteiger partial charge >= 0.3 is 0 Å². The van der Waals surface area contributed by atoms with Crippen LogP contribution in [0.3, 0.4) is 0 Å². The number of rotatable bonds is 3. The molecule has 0 fully saturated rings. The quantitative estimate of drug-likeness (QED) is 0.575. The van der Waals surface area contributed by atoms with E-state index >= 15 is 0 Å². The van der Waals surface area contributed by atoms with Gasteiger partial charge in [-0.15, -0.1) is 11.3 Å². The van der Waals surface area contributed by atoms with E-state index in [-0.39, 0.29) is 0 Å². The summed E-state index contributed by atoms with van der Waals surface area (Å²) in [5.41, 5.74) is 4.06. The largest absolute Gasteiger partial charge is 0.346 e. The first-order chi connectivity index (χ1) is 10.8. The molecule has 0 spiro atoms. The van der Waals surface area contributed by atoms with E-state index in [1.165, 1.54) is 4.88 Å². The van der Waals surface area contributed by atoms with Crippen molar-refractivity contribution in [2.75, 3.05) is 5.32 Å². The van der Waals surface area contributed by atoms with Gasteiger partial charge in [0.15, 0.2) is 5.13 Å². The third kappa shape index (κ3) is 2.25. The molecule has 22 heavy (non-hydrogen) atoms. The summed E-state index contributed by atoms with van der Waals surface area (Å²) in [5, 5.41) is 5.36. The van der Waals surface area contributed by atoms with E-state index in [9.17, 15) is 0 Å². The van der Waals surface area contributed by atoms with Crippen LogP contribution in [0.15, 0.2) is 54.9 Å². The highest BCUT2D eigenvalue weighted by Gasteiger charge is 2.13. The van der Waals surface area contributed by atoms with Crippen LogP contribution in [0.5, 0.6) is 0 Å². The van der Waals surface area contributed by atoms with Crippen molar-refractivity contribution in [3.8, 4) is 11.3 Å². The van der Waals surface area contributed by atoms with Crippen LogP contribution < -0.4 is 5.32 Å². The van der Waals surface area contributed by atoms with Crippen molar-refractivity contribution < 1.29 is 0 Å². The van der Waals surface area contributed by atoms with Gasteiger partial charge < -0.3 is 10.3 Å². The highest BCUT2D eigenvalue weighted by molar-refractivity contribution is 7.16. The summed E-state index contributed by atoms with van der Waals surface area (Å²) in [6, 6.07) is 14.2. The number of aromatic amines is 1. The van der Waals surface area contributed by atoms with E-state index in [1.807, 2.05) is 54.9 Å². The third-order valence-corrected chi connectivity index (χ3v) is 4.42. The number of nitrogens with one attached hydrogen (secondary N) is 2. The van der Waals surface area contributed by atoms with Crippen LogP contribution >= 0.6 is 11.3 Å². The molecule has 0 unspecified atom stereocenters. The fourth-order valence-corrected chi connectivity index (χ4v) is 3.36. The number of fused-ring (bicyclic) bond motifs is 1. The number of benzene rings is 1. The predicted octanol–water partition coefficient (Wildman–Crippen LogP) is 4.74. The summed E-state index contributed by atoms with van der Waals surface area (Å²) in [6.45, 7) is 2.10. The summed E-state index contributed by atoms with van der Waals surface area (Å²) in [5.74, 6) is 0. The van der Waals surface area contributed by atoms with Gasteiger partial charge in [0, 0.05) is 33.9 Å². The van der Waals surface area contributed by atoms with Crippen molar-refractivity contribution in [1.29, 1.82) is 0 Å². The fraction of sp³-hybridized carbons (Fsp3) is 0.0588. The summed E-state index contributed by atoms with van der Waals surface area (Å²) in [6.07, 6.45) is 3.73. The number of hydrogen-bond acceptors (Lipinski definition) is 4. The number of hydrogen-bond donors (Lipinski definition) is 2. The first-order valence-corrected chi connectivity index (χ1v) is 7.85. The summed E-state index contributed by atoms with van der Waals surface area (Å²) in [4.78, 5) is 13.4. The van der Waals surface area contributed by atoms with E-state index in [4.69, 9.17) is 4.98 Å². The van der Waals surface area contributed by atoms with Gasteiger partial charge in [0.1, 0.15) is 5.65 Å². The number of pyridine rings is 1. The first kappa shape index (κ1) is 13.0. The van der Waals surface area contributed by atoms with Crippen LogP contribution in [0.25, 0.3) is 22.3 Å². The number of aromatic nitrogens is 3. The Kier molecular flexibility index (Phi) is 3.12. The number of thiazole rings is 1. The lowest BCUT2D eigenvalue weighted by molar-refractivity contribution is 1.31. The van der Waals surface area contributed by atoms with Crippen molar-refractivity contribution in [3.63, 3.8) is 0 Å². The Balaban J connectivity index is 1.76. The number of nitrogens with zero attached hydrogens (tertiary/aromatic N) is 2. The molecule has 0 amide bonds. The normalized spacial score (nSPS) is 11.0. The van der Waals surface area contributed by atoms with Crippen LogP contribution in [0, 0.1) is 6.92 Å². The van der Waals surface area contributed by atoms with Crippen LogP contribution in [0.1, 0.15) is 4.88 Å². The Morgan fingerprint density at radius 1 is 1.09 bits per heavy atom. The molecule has 4 aromatic rings. The second-order valence-electron chi connectivity index (χ2n) is 5.01. The highest BCUT2D eigenvalue weighted by atomic mass is 32.1. The fourth-order valence-electron chi connectivity index (χ4n) is 2.51. The Morgan fingerprint density at radius 3 is 2.82 bits per heavy atom. The molecule has 0 aliphatic rings. The second kappa shape index (κ2) is 5.27. The predicted molar refractivity (Wildman–Crippen MR) is 91.7 cm³/mol. The SMILES string of the molecule is Cc1sc(Nc2ccccc2)nc1-c1ccnc2[nH]ccc12. The molecule has 108 valence electrons. The Bertz CT molecular complexity index is 924. The van der Waals surface area contributed by atoms with Crippen molar-refractivity contribution in [2.45, 2.75) is 6.92 Å². The van der Waals surface area contributed by atoms with Crippen molar-refractivity contribution in [2.24, 2.45) is 0 Å². The average Bonchev–Trinajstić information content (AvgIpc) is 3.14. The summed E-state index contributed by atoms with van der Waals surface area (Å²) in [7, 11) is 0. The second-order valence-corrected chi connectivity index (χ2v) is 6.22. The van der Waals surface area contributed by atoms with Gasteiger partial charge in [0.25, 0.3) is 0 Å². The lowest BCUT2D eigenvalue weighted by Gasteiger charge is -2.01. The summed E-state index contributed by atoms with van der Waals surface area (Å²) >= 11 is 1.66. The number of para-hydroxylation sites is 1. The van der Waals surface area contributed by atoms with E-state index in [2.05, 4.69) is 22.2 Å². The number of anilines is 2. The smallest absolute Gasteiger partial charge is 0.187 e. The Morgan fingerprint density at radius 2 is 1.95 bits per heavy atom. The van der Waals surface area contributed by atoms with Crippen molar-refractivity contribution in [1.82, 2.24) is 15.0 Å². The third-order valence-electron chi connectivity index (χ3n) is 3.54. The molecule has 4 nitrogen and oxygen atoms in total. The molecule has 3 aromatic heterocycles. The maximum absolute atomic E-state index is 4.77. The molecule has 2 N–H and O–H groups in total. The molecule has 0 radical (unpaired) electrons. The molecule has 0 atom stereocenters. The zero-order valence-corrected chi connectivity index (χ0v) is 12.8. The molecule has 1 aromatic carbocycles. The van der Waals surface area contributed by atoms with Gasteiger partial charge in [-0.05, 0) is 31.2 Å². The molecule has 0 aliphatic carbocycles. The van der Waals surface area contributed by atoms with Gasteiger partial charge in [-0.3, -0.25) is 0 Å². The minimum Gasteiger partial charge on any atom is -0.346 e. The highest BCUT2D eigenvalue weighted by Crippen LogP contribution is 2.34. The first-order valence-electron chi connectivity index (χ1n) is 7.03.